The molecule has 0 bridgehead atoms. The Balaban J connectivity index is 4.09. The molecule has 0 aliphatic rings. The largest absolute Gasteiger partial charge is 0.380 e. The predicted molar refractivity (Wildman–Crippen MR) is 81.6 cm³/mol. The van der Waals surface area contributed by atoms with Gasteiger partial charge in [0.15, 0.2) is 0 Å². The highest BCUT2D eigenvalue weighted by Crippen LogP contribution is 2.10. The van der Waals surface area contributed by atoms with Crippen molar-refractivity contribution in [3.05, 3.63) is 0 Å². The van der Waals surface area contributed by atoms with E-state index in [1.165, 1.54) is 0 Å². The molecular formula is C15H32N2O3. The SMILES string of the molecule is CCOCCN(CCOCC)C(=O)CCC(C)CCN. The van der Waals surface area contributed by atoms with Gasteiger partial charge < -0.3 is 20.1 Å². The molecule has 0 rings (SSSR count). The average Bonchev–Trinajstić information content (AvgIpc) is 2.44. The van der Waals surface area contributed by atoms with E-state index in [0.717, 1.165) is 12.8 Å². The maximum Gasteiger partial charge on any atom is 0.222 e. The van der Waals surface area contributed by atoms with Crippen molar-refractivity contribution in [2.45, 2.75) is 40.0 Å². The molecule has 0 aromatic rings. The Morgan fingerprint density at radius 3 is 2.10 bits per heavy atom. The summed E-state index contributed by atoms with van der Waals surface area (Å²) >= 11 is 0. The van der Waals surface area contributed by atoms with Crippen molar-refractivity contribution in [3.8, 4) is 0 Å². The standard InChI is InChI=1S/C15H32N2O3/c1-4-19-12-10-17(11-13-20-5-2)15(18)7-6-14(3)8-9-16/h14H,4-13,16H2,1-3H3. The van der Waals surface area contributed by atoms with E-state index in [0.29, 0.717) is 58.4 Å². The summed E-state index contributed by atoms with van der Waals surface area (Å²) < 4.78 is 10.7. The highest BCUT2D eigenvalue weighted by atomic mass is 16.5. The Bertz CT molecular complexity index is 227. The zero-order chi connectivity index (χ0) is 15.2. The molecule has 0 aliphatic carbocycles. The minimum Gasteiger partial charge on any atom is -0.380 e. The molecular weight excluding hydrogens is 256 g/mol. The van der Waals surface area contributed by atoms with E-state index in [4.69, 9.17) is 15.2 Å². The molecule has 1 atom stereocenters. The highest BCUT2D eigenvalue weighted by molar-refractivity contribution is 5.76. The van der Waals surface area contributed by atoms with Crippen molar-refractivity contribution in [2.75, 3.05) is 46.1 Å². The van der Waals surface area contributed by atoms with Crippen LogP contribution in [0.3, 0.4) is 0 Å². The number of hydrogen-bond donors (Lipinski definition) is 1. The molecule has 0 fully saturated rings. The topological polar surface area (TPSA) is 64.8 Å². The Morgan fingerprint density at radius 2 is 1.65 bits per heavy atom. The molecule has 1 amide bonds. The Labute approximate surface area is 123 Å². The van der Waals surface area contributed by atoms with Crippen LogP contribution in [0, 0.1) is 5.92 Å². The van der Waals surface area contributed by atoms with Gasteiger partial charge in [0.05, 0.1) is 13.2 Å². The smallest absolute Gasteiger partial charge is 0.222 e. The Kier molecular flexibility index (Phi) is 12.9. The summed E-state index contributed by atoms with van der Waals surface area (Å²) in [6.45, 7) is 10.6. The molecule has 0 aromatic carbocycles. The molecule has 5 heteroatoms. The van der Waals surface area contributed by atoms with Crippen molar-refractivity contribution in [2.24, 2.45) is 11.7 Å². The lowest BCUT2D eigenvalue weighted by Gasteiger charge is -2.23. The average molecular weight is 288 g/mol. The van der Waals surface area contributed by atoms with Crippen molar-refractivity contribution < 1.29 is 14.3 Å². The zero-order valence-electron chi connectivity index (χ0n) is 13.4. The third kappa shape index (κ3) is 10.2. The number of rotatable bonds is 13. The fourth-order valence-corrected chi connectivity index (χ4v) is 1.96. The summed E-state index contributed by atoms with van der Waals surface area (Å²) in [5.41, 5.74) is 5.53. The van der Waals surface area contributed by atoms with Gasteiger partial charge in [0.2, 0.25) is 5.91 Å². The van der Waals surface area contributed by atoms with Crippen LogP contribution in [0.5, 0.6) is 0 Å². The normalized spacial score (nSPS) is 12.4. The zero-order valence-corrected chi connectivity index (χ0v) is 13.4. The van der Waals surface area contributed by atoms with Gasteiger partial charge in [-0.05, 0) is 39.2 Å². The molecule has 0 saturated carbocycles. The van der Waals surface area contributed by atoms with Crippen molar-refractivity contribution in [3.63, 3.8) is 0 Å². The van der Waals surface area contributed by atoms with Crippen LogP contribution in [0.15, 0.2) is 0 Å². The predicted octanol–water partition coefficient (Wildman–Crippen LogP) is 1.65. The first-order valence-corrected chi connectivity index (χ1v) is 7.78. The summed E-state index contributed by atoms with van der Waals surface area (Å²) in [5, 5.41) is 0. The van der Waals surface area contributed by atoms with E-state index in [1.54, 1.807) is 0 Å². The lowest BCUT2D eigenvalue weighted by atomic mass is 10.0. The fourth-order valence-electron chi connectivity index (χ4n) is 1.96. The molecule has 120 valence electrons. The van der Waals surface area contributed by atoms with Crippen LogP contribution in [-0.4, -0.2) is 56.9 Å². The van der Waals surface area contributed by atoms with Crippen LogP contribution >= 0.6 is 0 Å². The first-order valence-electron chi connectivity index (χ1n) is 7.78. The molecule has 0 aromatic heterocycles. The summed E-state index contributed by atoms with van der Waals surface area (Å²) in [4.78, 5) is 14.1. The maximum absolute atomic E-state index is 12.2. The third-order valence-corrected chi connectivity index (χ3v) is 3.28. The molecule has 0 heterocycles. The number of nitrogens with two attached hydrogens (primary N) is 1. The van der Waals surface area contributed by atoms with Gasteiger partial charge in [0, 0.05) is 32.7 Å². The van der Waals surface area contributed by atoms with Gasteiger partial charge in [-0.15, -0.1) is 0 Å². The molecule has 2 N–H and O–H groups in total. The van der Waals surface area contributed by atoms with E-state index in [1.807, 2.05) is 18.7 Å². The monoisotopic (exact) mass is 288 g/mol. The quantitative estimate of drug-likeness (QED) is 0.523. The third-order valence-electron chi connectivity index (χ3n) is 3.28. The van der Waals surface area contributed by atoms with Crippen molar-refractivity contribution >= 4 is 5.91 Å². The van der Waals surface area contributed by atoms with Crippen LogP contribution < -0.4 is 5.73 Å². The summed E-state index contributed by atoms with van der Waals surface area (Å²) in [7, 11) is 0. The van der Waals surface area contributed by atoms with E-state index in [-0.39, 0.29) is 5.91 Å². The van der Waals surface area contributed by atoms with Crippen LogP contribution in [0.4, 0.5) is 0 Å². The van der Waals surface area contributed by atoms with E-state index in [9.17, 15) is 4.79 Å². The minimum atomic E-state index is 0.188. The van der Waals surface area contributed by atoms with E-state index < -0.39 is 0 Å². The van der Waals surface area contributed by atoms with Gasteiger partial charge in [-0.1, -0.05) is 6.92 Å². The van der Waals surface area contributed by atoms with Crippen LogP contribution in [0.2, 0.25) is 0 Å². The van der Waals surface area contributed by atoms with Gasteiger partial charge in [0.1, 0.15) is 0 Å². The first kappa shape index (κ1) is 19.4. The Hall–Kier alpha value is -0.650. The number of ether oxygens (including phenoxy) is 2. The second kappa shape index (κ2) is 13.3. The molecule has 20 heavy (non-hydrogen) atoms. The molecule has 0 saturated heterocycles. The number of carbonyl (C=O) groups excluding carboxylic acids is 1. The van der Waals surface area contributed by atoms with Crippen LogP contribution in [-0.2, 0) is 14.3 Å². The number of hydrogen-bond acceptors (Lipinski definition) is 4. The lowest BCUT2D eigenvalue weighted by Crippen LogP contribution is -2.36. The highest BCUT2D eigenvalue weighted by Gasteiger charge is 2.14. The van der Waals surface area contributed by atoms with Gasteiger partial charge in [-0.2, -0.15) is 0 Å². The van der Waals surface area contributed by atoms with Crippen molar-refractivity contribution in [1.82, 2.24) is 4.90 Å². The molecule has 1 unspecified atom stereocenters. The van der Waals surface area contributed by atoms with Crippen molar-refractivity contribution in [1.29, 1.82) is 0 Å². The van der Waals surface area contributed by atoms with E-state index in [2.05, 4.69) is 6.92 Å². The second-order valence-corrected chi connectivity index (χ2v) is 5.00. The minimum absolute atomic E-state index is 0.188. The molecule has 0 aliphatic heterocycles. The summed E-state index contributed by atoms with van der Waals surface area (Å²) in [6, 6.07) is 0. The number of amides is 1. The fraction of sp³-hybridized carbons (Fsp3) is 0.933. The second-order valence-electron chi connectivity index (χ2n) is 5.00. The lowest BCUT2D eigenvalue weighted by molar-refractivity contribution is -0.133. The van der Waals surface area contributed by atoms with E-state index >= 15 is 0 Å². The van der Waals surface area contributed by atoms with Gasteiger partial charge in [0.25, 0.3) is 0 Å². The van der Waals surface area contributed by atoms with Gasteiger partial charge in [-0.25, -0.2) is 0 Å². The summed E-state index contributed by atoms with van der Waals surface area (Å²) in [6.07, 6.45) is 2.46. The van der Waals surface area contributed by atoms with Crippen LogP contribution in [0.25, 0.3) is 0 Å². The first-order chi connectivity index (χ1) is 9.65. The number of nitrogens with zero attached hydrogens (tertiary/aromatic N) is 1. The van der Waals surface area contributed by atoms with Gasteiger partial charge >= 0.3 is 0 Å². The maximum atomic E-state index is 12.2. The Morgan fingerprint density at radius 1 is 1.10 bits per heavy atom. The summed E-state index contributed by atoms with van der Waals surface area (Å²) in [5.74, 6) is 0.692. The van der Waals surface area contributed by atoms with Crippen LogP contribution in [0.1, 0.15) is 40.0 Å². The van der Waals surface area contributed by atoms with Gasteiger partial charge in [-0.3, -0.25) is 4.79 Å². The molecule has 0 radical (unpaired) electrons. The molecule has 0 spiro atoms. The number of carbonyl (C=O) groups is 1. The molecule has 5 nitrogen and oxygen atoms in total.